The first-order chi connectivity index (χ1) is 13.1. The second-order valence-corrected chi connectivity index (χ2v) is 8.08. The summed E-state index contributed by atoms with van der Waals surface area (Å²) in [6.45, 7) is 6.67. The molecule has 1 heterocycles. The smallest absolute Gasteiger partial charge is 0.303 e. The van der Waals surface area contributed by atoms with Crippen LogP contribution in [-0.4, -0.2) is 11.1 Å². The topological polar surface area (TPSA) is 50.4 Å². The van der Waals surface area contributed by atoms with Gasteiger partial charge in [-0.1, -0.05) is 71.1 Å². The number of unbranched alkanes of at least 4 members (excludes halogenated alkanes) is 11. The fourth-order valence-electron chi connectivity index (χ4n) is 3.71. The van der Waals surface area contributed by atoms with Gasteiger partial charge >= 0.3 is 5.97 Å². The third-order valence-electron chi connectivity index (χ3n) is 5.70. The summed E-state index contributed by atoms with van der Waals surface area (Å²) in [6.07, 6.45) is 18.4. The van der Waals surface area contributed by atoms with Crippen LogP contribution in [0.2, 0.25) is 0 Å². The van der Waals surface area contributed by atoms with Crippen molar-refractivity contribution in [2.24, 2.45) is 0 Å². The minimum absolute atomic E-state index is 0.328. The monoisotopic (exact) mass is 378 g/mol. The molecule has 0 fully saturated rings. The molecule has 3 heteroatoms. The number of carboxylic acids is 1. The number of rotatable bonds is 17. The van der Waals surface area contributed by atoms with Crippen molar-refractivity contribution in [3.05, 3.63) is 22.6 Å². The molecule has 0 aliphatic carbocycles. The van der Waals surface area contributed by atoms with Crippen LogP contribution in [0.4, 0.5) is 0 Å². The zero-order valence-corrected chi connectivity index (χ0v) is 18.1. The van der Waals surface area contributed by atoms with Crippen LogP contribution in [0.5, 0.6) is 0 Å². The average molecular weight is 379 g/mol. The molecule has 0 amide bonds. The Morgan fingerprint density at radius 1 is 0.704 bits per heavy atom. The maximum absolute atomic E-state index is 10.4. The van der Waals surface area contributed by atoms with Gasteiger partial charge in [0.2, 0.25) is 0 Å². The van der Waals surface area contributed by atoms with E-state index in [1.807, 2.05) is 0 Å². The molecule has 0 spiro atoms. The molecule has 27 heavy (non-hydrogen) atoms. The lowest BCUT2D eigenvalue weighted by Gasteiger charge is -2.03. The Morgan fingerprint density at radius 3 is 1.56 bits per heavy atom. The molecule has 0 aliphatic rings. The van der Waals surface area contributed by atoms with E-state index in [-0.39, 0.29) is 0 Å². The standard InChI is InChI=1S/C24H42O3/c1-4-5-14-17-22-20(2)21(3)23(27-22)18-15-12-10-8-6-7-9-11-13-16-19-24(25)26/h4-19H2,1-3H3,(H,25,26). The summed E-state index contributed by atoms with van der Waals surface area (Å²) < 4.78 is 6.16. The molecule has 0 bridgehead atoms. The van der Waals surface area contributed by atoms with Gasteiger partial charge < -0.3 is 9.52 Å². The molecule has 1 aromatic rings. The van der Waals surface area contributed by atoms with Crippen LogP contribution in [0.1, 0.15) is 119 Å². The Kier molecular flexibility index (Phi) is 13.0. The van der Waals surface area contributed by atoms with Gasteiger partial charge in [0.1, 0.15) is 11.5 Å². The molecular formula is C24H42O3. The maximum atomic E-state index is 10.4. The number of furan rings is 1. The number of hydrogen-bond donors (Lipinski definition) is 1. The van der Waals surface area contributed by atoms with Gasteiger partial charge in [-0.2, -0.15) is 0 Å². The van der Waals surface area contributed by atoms with Gasteiger partial charge in [-0.3, -0.25) is 4.79 Å². The molecule has 1 N–H and O–H groups in total. The van der Waals surface area contributed by atoms with E-state index in [0.29, 0.717) is 6.42 Å². The molecule has 1 aromatic heterocycles. The first-order valence-electron chi connectivity index (χ1n) is 11.4. The predicted molar refractivity (Wildman–Crippen MR) is 114 cm³/mol. The number of aliphatic carboxylic acids is 1. The van der Waals surface area contributed by atoms with Gasteiger partial charge in [-0.05, 0) is 44.2 Å². The molecule has 1 rings (SSSR count). The largest absolute Gasteiger partial charge is 0.481 e. The lowest BCUT2D eigenvalue weighted by Crippen LogP contribution is -1.93. The molecule has 0 aliphatic heterocycles. The van der Waals surface area contributed by atoms with Crippen molar-refractivity contribution in [1.82, 2.24) is 0 Å². The summed E-state index contributed by atoms with van der Waals surface area (Å²) in [4.78, 5) is 10.4. The Labute approximate surface area is 166 Å². The van der Waals surface area contributed by atoms with Crippen molar-refractivity contribution in [3.8, 4) is 0 Å². The molecule has 0 unspecified atom stereocenters. The molecule has 0 atom stereocenters. The van der Waals surface area contributed by atoms with E-state index in [9.17, 15) is 4.79 Å². The van der Waals surface area contributed by atoms with E-state index in [1.165, 1.54) is 93.3 Å². The summed E-state index contributed by atoms with van der Waals surface area (Å²) in [5.74, 6) is 1.78. The van der Waals surface area contributed by atoms with Crippen molar-refractivity contribution >= 4 is 5.97 Å². The van der Waals surface area contributed by atoms with Gasteiger partial charge in [0.25, 0.3) is 0 Å². The highest BCUT2D eigenvalue weighted by Gasteiger charge is 2.12. The molecule has 0 aromatic carbocycles. The number of aryl methyl sites for hydroxylation is 2. The van der Waals surface area contributed by atoms with Gasteiger partial charge in [0.05, 0.1) is 0 Å². The number of hydrogen-bond acceptors (Lipinski definition) is 2. The van der Waals surface area contributed by atoms with Crippen LogP contribution in [0, 0.1) is 13.8 Å². The lowest BCUT2D eigenvalue weighted by atomic mass is 10.0. The summed E-state index contributed by atoms with van der Waals surface area (Å²) in [7, 11) is 0. The maximum Gasteiger partial charge on any atom is 0.303 e. The van der Waals surface area contributed by atoms with Gasteiger partial charge in [0.15, 0.2) is 0 Å². The summed E-state index contributed by atoms with van der Waals surface area (Å²) in [6, 6.07) is 0. The van der Waals surface area contributed by atoms with Crippen LogP contribution in [0.15, 0.2) is 4.42 Å². The fraction of sp³-hybridized carbons (Fsp3) is 0.792. The third-order valence-corrected chi connectivity index (χ3v) is 5.70. The second-order valence-electron chi connectivity index (χ2n) is 8.08. The van der Waals surface area contributed by atoms with Crippen LogP contribution in [0.25, 0.3) is 0 Å². The second kappa shape index (κ2) is 14.8. The highest BCUT2D eigenvalue weighted by Crippen LogP contribution is 2.25. The van der Waals surface area contributed by atoms with E-state index in [1.54, 1.807) is 0 Å². The van der Waals surface area contributed by atoms with Gasteiger partial charge in [0, 0.05) is 19.3 Å². The fourth-order valence-corrected chi connectivity index (χ4v) is 3.71. The third kappa shape index (κ3) is 10.6. The molecule has 3 nitrogen and oxygen atoms in total. The van der Waals surface area contributed by atoms with E-state index in [2.05, 4.69) is 20.8 Å². The Balaban J connectivity index is 2.03. The van der Waals surface area contributed by atoms with Crippen LogP contribution in [-0.2, 0) is 17.6 Å². The van der Waals surface area contributed by atoms with Crippen molar-refractivity contribution in [2.75, 3.05) is 0 Å². The van der Waals surface area contributed by atoms with Crippen molar-refractivity contribution < 1.29 is 14.3 Å². The van der Waals surface area contributed by atoms with Crippen molar-refractivity contribution in [3.63, 3.8) is 0 Å². The molecule has 0 radical (unpaired) electrons. The molecular weight excluding hydrogens is 336 g/mol. The highest BCUT2D eigenvalue weighted by atomic mass is 16.4. The minimum atomic E-state index is -0.664. The van der Waals surface area contributed by atoms with Crippen LogP contribution in [0.3, 0.4) is 0 Å². The predicted octanol–water partition coefficient (Wildman–Crippen LogP) is 7.55. The summed E-state index contributed by atoms with van der Waals surface area (Å²) >= 11 is 0. The van der Waals surface area contributed by atoms with Crippen LogP contribution >= 0.6 is 0 Å². The quantitative estimate of drug-likeness (QED) is 0.285. The first kappa shape index (κ1) is 23.8. The molecule has 0 saturated carbocycles. The SMILES string of the molecule is CCCCCc1oc(CCCCCCCCCCCCC(=O)O)c(C)c1C. The summed E-state index contributed by atoms with van der Waals surface area (Å²) in [5, 5.41) is 8.60. The summed E-state index contributed by atoms with van der Waals surface area (Å²) in [5.41, 5.74) is 2.76. The normalized spacial score (nSPS) is 11.2. The van der Waals surface area contributed by atoms with Crippen LogP contribution < -0.4 is 0 Å². The van der Waals surface area contributed by atoms with Gasteiger partial charge in [-0.25, -0.2) is 0 Å². The van der Waals surface area contributed by atoms with E-state index < -0.39 is 5.97 Å². The molecule has 0 saturated heterocycles. The van der Waals surface area contributed by atoms with Crippen molar-refractivity contribution in [1.29, 1.82) is 0 Å². The van der Waals surface area contributed by atoms with Crippen molar-refractivity contribution in [2.45, 2.75) is 124 Å². The zero-order chi connectivity index (χ0) is 19.9. The Hall–Kier alpha value is -1.25. The van der Waals surface area contributed by atoms with E-state index >= 15 is 0 Å². The minimum Gasteiger partial charge on any atom is -0.481 e. The highest BCUT2D eigenvalue weighted by molar-refractivity contribution is 5.66. The number of carbonyl (C=O) groups is 1. The zero-order valence-electron chi connectivity index (χ0n) is 18.1. The van der Waals surface area contributed by atoms with E-state index in [0.717, 1.165) is 25.7 Å². The number of carboxylic acid groups (broad SMARTS) is 1. The molecule has 156 valence electrons. The van der Waals surface area contributed by atoms with E-state index in [4.69, 9.17) is 9.52 Å². The first-order valence-corrected chi connectivity index (χ1v) is 11.4. The average Bonchev–Trinajstić information content (AvgIpc) is 2.90. The lowest BCUT2D eigenvalue weighted by molar-refractivity contribution is -0.137. The Bertz CT molecular complexity index is 516. The van der Waals surface area contributed by atoms with Gasteiger partial charge in [-0.15, -0.1) is 0 Å². The Morgan fingerprint density at radius 2 is 1.11 bits per heavy atom.